The van der Waals surface area contributed by atoms with Crippen molar-refractivity contribution < 1.29 is 0 Å². The third kappa shape index (κ3) is 2.90. The van der Waals surface area contributed by atoms with Crippen molar-refractivity contribution in [2.24, 2.45) is 0 Å². The summed E-state index contributed by atoms with van der Waals surface area (Å²) in [6.45, 7) is 4.76. The van der Waals surface area contributed by atoms with Gasteiger partial charge in [-0.2, -0.15) is 0 Å². The fourth-order valence-electron chi connectivity index (χ4n) is 5.97. The first-order chi connectivity index (χ1) is 17.0. The number of fused-ring (bicyclic) bond motifs is 5. The van der Waals surface area contributed by atoms with E-state index in [9.17, 15) is 0 Å². The summed E-state index contributed by atoms with van der Waals surface area (Å²) in [5, 5.41) is 2.64. The maximum atomic E-state index is 2.50. The molecule has 0 atom stereocenters. The minimum Gasteiger partial charge on any atom is -0.309 e. The Labute approximate surface area is 207 Å². The molecule has 35 heavy (non-hydrogen) atoms. The van der Waals surface area contributed by atoms with E-state index in [0.29, 0.717) is 0 Å². The van der Waals surface area contributed by atoms with Crippen molar-refractivity contribution in [3.8, 4) is 27.9 Å². The van der Waals surface area contributed by atoms with Crippen LogP contribution in [-0.4, -0.2) is 12.4 Å². The van der Waals surface area contributed by atoms with E-state index >= 15 is 0 Å². The van der Waals surface area contributed by atoms with Crippen LogP contribution >= 0.6 is 0 Å². The zero-order valence-corrected chi connectivity index (χ0v) is 20.3. The van der Waals surface area contributed by atoms with Gasteiger partial charge in [-0.15, -0.1) is 0 Å². The van der Waals surface area contributed by atoms with Gasteiger partial charge in [-0.25, -0.2) is 0 Å². The smallest absolute Gasteiger partial charge is 0.139 e. The number of rotatable bonds is 2. The van der Waals surface area contributed by atoms with Crippen molar-refractivity contribution in [3.63, 3.8) is 0 Å². The first kappa shape index (κ1) is 20.3. The highest BCUT2D eigenvalue weighted by atomic mass is 15.0. The molecule has 1 nitrogen and oxygen atoms in total. The molecular formula is C33H26BN. The molecule has 0 saturated carbocycles. The molecular weight excluding hydrogens is 421 g/mol. The van der Waals surface area contributed by atoms with Crippen LogP contribution in [0.2, 0.25) is 0 Å². The predicted molar refractivity (Wildman–Crippen MR) is 152 cm³/mol. The SMILES string of the molecule is Bc1ccc2c(c1)C(C)(C)c1cc(-c3ccccc3)cc3c4cc(-c5ccccc5)ccc4n-2c13. The van der Waals surface area contributed by atoms with Gasteiger partial charge < -0.3 is 4.57 Å². The normalized spacial score (nSPS) is 13.8. The summed E-state index contributed by atoms with van der Waals surface area (Å²) < 4.78 is 2.50. The maximum absolute atomic E-state index is 2.50. The van der Waals surface area contributed by atoms with Gasteiger partial charge in [0.25, 0.3) is 0 Å². The lowest BCUT2D eigenvalue weighted by molar-refractivity contribution is 0.631. The number of hydrogen-bond acceptors (Lipinski definition) is 0. The molecule has 1 aliphatic rings. The summed E-state index contributed by atoms with van der Waals surface area (Å²) in [4.78, 5) is 0. The molecule has 1 aromatic heterocycles. The van der Waals surface area contributed by atoms with Crippen LogP contribution in [0.25, 0.3) is 49.7 Å². The molecule has 0 radical (unpaired) electrons. The van der Waals surface area contributed by atoms with Crippen molar-refractivity contribution in [1.29, 1.82) is 0 Å². The van der Waals surface area contributed by atoms with Crippen LogP contribution in [0.3, 0.4) is 0 Å². The lowest BCUT2D eigenvalue weighted by Gasteiger charge is -2.35. The second kappa shape index (κ2) is 7.23. The van der Waals surface area contributed by atoms with Crippen molar-refractivity contribution >= 4 is 35.1 Å². The van der Waals surface area contributed by atoms with E-state index in [4.69, 9.17) is 0 Å². The van der Waals surface area contributed by atoms with Crippen LogP contribution < -0.4 is 5.46 Å². The molecule has 6 aromatic rings. The van der Waals surface area contributed by atoms with Crippen molar-refractivity contribution in [2.75, 3.05) is 0 Å². The molecule has 0 spiro atoms. The highest BCUT2D eigenvalue weighted by molar-refractivity contribution is 6.32. The van der Waals surface area contributed by atoms with Crippen molar-refractivity contribution in [3.05, 3.63) is 120 Å². The molecule has 0 bridgehead atoms. The van der Waals surface area contributed by atoms with Crippen LogP contribution in [0.4, 0.5) is 0 Å². The van der Waals surface area contributed by atoms with E-state index in [1.807, 2.05) is 0 Å². The third-order valence-corrected chi connectivity index (χ3v) is 7.82. The van der Waals surface area contributed by atoms with Gasteiger partial charge in [0.2, 0.25) is 0 Å². The molecule has 0 saturated heterocycles. The highest BCUT2D eigenvalue weighted by Crippen LogP contribution is 2.49. The molecule has 0 aliphatic carbocycles. The molecule has 0 amide bonds. The molecule has 1 aliphatic heterocycles. The van der Waals surface area contributed by atoms with Gasteiger partial charge in [0.15, 0.2) is 0 Å². The summed E-state index contributed by atoms with van der Waals surface area (Å²) in [7, 11) is 2.20. The third-order valence-electron chi connectivity index (χ3n) is 7.82. The fourth-order valence-corrected chi connectivity index (χ4v) is 5.97. The minimum absolute atomic E-state index is 0.100. The van der Waals surface area contributed by atoms with Crippen LogP contribution in [-0.2, 0) is 5.41 Å². The van der Waals surface area contributed by atoms with E-state index in [1.54, 1.807) is 0 Å². The summed E-state index contributed by atoms with van der Waals surface area (Å²) in [6, 6.07) is 40.2. The summed E-state index contributed by atoms with van der Waals surface area (Å²) >= 11 is 0. The zero-order valence-electron chi connectivity index (χ0n) is 20.3. The zero-order chi connectivity index (χ0) is 23.7. The van der Waals surface area contributed by atoms with Gasteiger partial charge in [0.1, 0.15) is 7.85 Å². The first-order valence-electron chi connectivity index (χ1n) is 12.4. The Hall–Kier alpha value is -4.04. The van der Waals surface area contributed by atoms with Gasteiger partial charge in [0.05, 0.1) is 16.7 Å². The van der Waals surface area contributed by atoms with Crippen molar-refractivity contribution in [1.82, 2.24) is 4.57 Å². The average Bonchev–Trinajstić information content (AvgIpc) is 3.22. The van der Waals surface area contributed by atoms with Crippen LogP contribution in [0, 0.1) is 0 Å². The fraction of sp³-hybridized carbons (Fsp3) is 0.0909. The van der Waals surface area contributed by atoms with Crippen LogP contribution in [0.1, 0.15) is 25.0 Å². The van der Waals surface area contributed by atoms with Gasteiger partial charge >= 0.3 is 0 Å². The number of hydrogen-bond donors (Lipinski definition) is 0. The second-order valence-electron chi connectivity index (χ2n) is 10.4. The Morgan fingerprint density at radius 2 is 1.23 bits per heavy atom. The number of aromatic nitrogens is 1. The molecule has 2 heteroatoms. The Kier molecular flexibility index (Phi) is 4.20. The van der Waals surface area contributed by atoms with E-state index in [2.05, 4.69) is 135 Å². The van der Waals surface area contributed by atoms with Gasteiger partial charge in [-0.1, -0.05) is 98.2 Å². The van der Waals surface area contributed by atoms with Gasteiger partial charge in [-0.3, -0.25) is 0 Å². The summed E-state index contributed by atoms with van der Waals surface area (Å²) in [5.74, 6) is 0. The molecule has 0 fully saturated rings. The monoisotopic (exact) mass is 447 g/mol. The molecule has 0 unspecified atom stereocenters. The lowest BCUT2D eigenvalue weighted by atomic mass is 9.72. The average molecular weight is 447 g/mol. The second-order valence-corrected chi connectivity index (χ2v) is 10.4. The van der Waals surface area contributed by atoms with E-state index in [1.165, 1.54) is 66.3 Å². The Morgan fingerprint density at radius 1 is 0.571 bits per heavy atom. The Balaban J connectivity index is 1.65. The number of benzene rings is 5. The van der Waals surface area contributed by atoms with E-state index in [-0.39, 0.29) is 5.41 Å². The van der Waals surface area contributed by atoms with E-state index < -0.39 is 0 Å². The Morgan fingerprint density at radius 3 is 1.94 bits per heavy atom. The predicted octanol–water partition coefficient (Wildman–Crippen LogP) is 7.02. The molecule has 7 rings (SSSR count). The summed E-state index contributed by atoms with van der Waals surface area (Å²) in [6.07, 6.45) is 0. The first-order valence-corrected chi connectivity index (χ1v) is 12.4. The van der Waals surface area contributed by atoms with Crippen molar-refractivity contribution in [2.45, 2.75) is 19.3 Å². The van der Waals surface area contributed by atoms with Crippen LogP contribution in [0.15, 0.2) is 109 Å². The van der Waals surface area contributed by atoms with Crippen LogP contribution in [0.5, 0.6) is 0 Å². The minimum atomic E-state index is -0.100. The topological polar surface area (TPSA) is 4.93 Å². The Bertz CT molecular complexity index is 1760. The molecule has 5 aromatic carbocycles. The lowest BCUT2D eigenvalue weighted by Crippen LogP contribution is -2.28. The summed E-state index contributed by atoms with van der Waals surface area (Å²) in [5.41, 5.74) is 12.9. The standard InChI is InChI=1S/C33H26BN/c1-33(2)28-20-25(34)14-16-31(28)35-30-15-13-23(21-9-5-3-6-10-21)17-26(30)27-18-24(19-29(33)32(27)35)22-11-7-4-8-12-22/h3-20H,34H2,1-2H3. The van der Waals surface area contributed by atoms with E-state index in [0.717, 1.165) is 0 Å². The molecule has 2 heterocycles. The van der Waals surface area contributed by atoms with Gasteiger partial charge in [-0.05, 0) is 63.7 Å². The maximum Gasteiger partial charge on any atom is 0.139 e. The molecule has 0 N–H and O–H groups in total. The largest absolute Gasteiger partial charge is 0.309 e. The number of nitrogens with zero attached hydrogens (tertiary/aromatic N) is 1. The molecule has 166 valence electrons. The quantitative estimate of drug-likeness (QED) is 0.252. The van der Waals surface area contributed by atoms with Gasteiger partial charge in [0, 0.05) is 16.2 Å². The highest BCUT2D eigenvalue weighted by Gasteiger charge is 2.35.